The highest BCUT2D eigenvalue weighted by atomic mass is 16.3. The molecule has 1 rings (SSSR count). The van der Waals surface area contributed by atoms with E-state index in [2.05, 4.69) is 44.3 Å². The SMILES string of the molecule is Cc1ccc(C)c(C(CN)NC(C)CC(C)O)c1. The van der Waals surface area contributed by atoms with E-state index >= 15 is 0 Å². The number of hydrogen-bond acceptors (Lipinski definition) is 3. The van der Waals surface area contributed by atoms with Crippen molar-refractivity contribution in [2.45, 2.75) is 52.3 Å². The van der Waals surface area contributed by atoms with Crippen molar-refractivity contribution < 1.29 is 5.11 Å². The van der Waals surface area contributed by atoms with Gasteiger partial charge in [-0.05, 0) is 45.2 Å². The molecule has 102 valence electrons. The van der Waals surface area contributed by atoms with Gasteiger partial charge in [0.25, 0.3) is 0 Å². The molecule has 0 saturated carbocycles. The average molecular weight is 250 g/mol. The summed E-state index contributed by atoms with van der Waals surface area (Å²) in [6.07, 6.45) is 0.450. The fourth-order valence-electron chi connectivity index (χ4n) is 2.34. The van der Waals surface area contributed by atoms with Crippen molar-refractivity contribution in [3.8, 4) is 0 Å². The number of aryl methyl sites for hydroxylation is 2. The van der Waals surface area contributed by atoms with Gasteiger partial charge in [0.1, 0.15) is 0 Å². The van der Waals surface area contributed by atoms with Crippen LogP contribution in [0.2, 0.25) is 0 Å². The highest BCUT2D eigenvalue weighted by molar-refractivity contribution is 5.33. The molecule has 0 saturated heterocycles. The van der Waals surface area contributed by atoms with Gasteiger partial charge in [0, 0.05) is 18.6 Å². The number of aliphatic hydroxyl groups is 1. The van der Waals surface area contributed by atoms with Gasteiger partial charge < -0.3 is 16.2 Å². The molecule has 3 heteroatoms. The zero-order valence-corrected chi connectivity index (χ0v) is 11.9. The van der Waals surface area contributed by atoms with E-state index in [1.54, 1.807) is 0 Å². The molecule has 1 aromatic rings. The van der Waals surface area contributed by atoms with Crippen molar-refractivity contribution >= 4 is 0 Å². The molecule has 18 heavy (non-hydrogen) atoms. The topological polar surface area (TPSA) is 58.3 Å². The Balaban J connectivity index is 2.79. The summed E-state index contributed by atoms with van der Waals surface area (Å²) < 4.78 is 0. The molecule has 0 radical (unpaired) electrons. The molecule has 4 N–H and O–H groups in total. The van der Waals surface area contributed by atoms with Gasteiger partial charge in [-0.25, -0.2) is 0 Å². The Hall–Kier alpha value is -0.900. The minimum Gasteiger partial charge on any atom is -0.393 e. The van der Waals surface area contributed by atoms with Gasteiger partial charge in [0.05, 0.1) is 6.10 Å². The minimum absolute atomic E-state index is 0.152. The second-order valence-electron chi connectivity index (χ2n) is 5.30. The Morgan fingerprint density at radius 3 is 2.50 bits per heavy atom. The van der Waals surface area contributed by atoms with Gasteiger partial charge in [0.2, 0.25) is 0 Å². The molecule has 0 spiro atoms. The molecule has 0 aliphatic carbocycles. The average Bonchev–Trinajstić information content (AvgIpc) is 2.28. The number of nitrogens with two attached hydrogens (primary N) is 1. The summed E-state index contributed by atoms with van der Waals surface area (Å²) in [6.45, 7) is 8.66. The Bertz CT molecular complexity index is 377. The van der Waals surface area contributed by atoms with Crippen LogP contribution < -0.4 is 11.1 Å². The first-order valence-corrected chi connectivity index (χ1v) is 6.65. The number of nitrogens with one attached hydrogen (secondary N) is 1. The highest BCUT2D eigenvalue weighted by Crippen LogP contribution is 2.19. The Morgan fingerprint density at radius 1 is 1.28 bits per heavy atom. The van der Waals surface area contributed by atoms with E-state index in [4.69, 9.17) is 5.73 Å². The molecule has 0 heterocycles. The van der Waals surface area contributed by atoms with Crippen LogP contribution in [-0.2, 0) is 0 Å². The fraction of sp³-hybridized carbons (Fsp3) is 0.600. The van der Waals surface area contributed by atoms with Crippen molar-refractivity contribution in [1.29, 1.82) is 0 Å². The maximum Gasteiger partial charge on any atom is 0.0526 e. The van der Waals surface area contributed by atoms with Gasteiger partial charge in [0.15, 0.2) is 0 Å². The van der Waals surface area contributed by atoms with Crippen molar-refractivity contribution in [3.05, 3.63) is 34.9 Å². The molecule has 0 aliphatic heterocycles. The van der Waals surface area contributed by atoms with Gasteiger partial charge in [-0.2, -0.15) is 0 Å². The second kappa shape index (κ2) is 6.88. The van der Waals surface area contributed by atoms with E-state index in [-0.39, 0.29) is 18.2 Å². The standard InChI is InChI=1S/C15H26N2O/c1-10-5-6-11(2)14(7-10)15(9-16)17-12(3)8-13(4)18/h5-7,12-13,15,17-18H,8-9,16H2,1-4H3. The monoisotopic (exact) mass is 250 g/mol. The molecule has 3 unspecified atom stereocenters. The third kappa shape index (κ3) is 4.41. The second-order valence-corrected chi connectivity index (χ2v) is 5.30. The van der Waals surface area contributed by atoms with Crippen LogP contribution in [0.4, 0.5) is 0 Å². The minimum atomic E-state index is -0.287. The number of rotatable bonds is 6. The molecular formula is C15H26N2O. The fourth-order valence-corrected chi connectivity index (χ4v) is 2.34. The number of hydrogen-bond donors (Lipinski definition) is 3. The van der Waals surface area contributed by atoms with Crippen LogP contribution in [-0.4, -0.2) is 23.8 Å². The van der Waals surface area contributed by atoms with E-state index in [0.717, 1.165) is 6.42 Å². The Morgan fingerprint density at radius 2 is 1.94 bits per heavy atom. The lowest BCUT2D eigenvalue weighted by atomic mass is 9.98. The normalized spacial score (nSPS) is 16.3. The number of benzene rings is 1. The summed E-state index contributed by atoms with van der Waals surface area (Å²) >= 11 is 0. The first kappa shape index (κ1) is 15.2. The third-order valence-electron chi connectivity index (χ3n) is 3.23. The predicted octanol–water partition coefficient (Wildman–Crippen LogP) is 2.05. The first-order chi connectivity index (χ1) is 8.43. The summed E-state index contributed by atoms with van der Waals surface area (Å²) in [5, 5.41) is 12.9. The lowest BCUT2D eigenvalue weighted by Gasteiger charge is -2.25. The third-order valence-corrected chi connectivity index (χ3v) is 3.23. The van der Waals surface area contributed by atoms with Crippen LogP contribution >= 0.6 is 0 Å². The maximum atomic E-state index is 9.41. The molecule has 0 aliphatic rings. The van der Waals surface area contributed by atoms with Gasteiger partial charge in [-0.3, -0.25) is 0 Å². The lowest BCUT2D eigenvalue weighted by molar-refractivity contribution is 0.168. The Kier molecular flexibility index (Phi) is 5.79. The Labute approximate surface area is 110 Å². The summed E-state index contributed by atoms with van der Waals surface area (Å²) in [5.74, 6) is 0. The first-order valence-electron chi connectivity index (χ1n) is 6.65. The van der Waals surface area contributed by atoms with E-state index in [0.29, 0.717) is 6.54 Å². The van der Waals surface area contributed by atoms with E-state index in [9.17, 15) is 5.11 Å². The lowest BCUT2D eigenvalue weighted by Crippen LogP contribution is -2.37. The quantitative estimate of drug-likeness (QED) is 0.724. The van der Waals surface area contributed by atoms with Crippen molar-refractivity contribution in [3.63, 3.8) is 0 Å². The van der Waals surface area contributed by atoms with Gasteiger partial charge >= 0.3 is 0 Å². The molecule has 3 nitrogen and oxygen atoms in total. The molecule has 0 aromatic heterocycles. The van der Waals surface area contributed by atoms with Crippen LogP contribution in [0.3, 0.4) is 0 Å². The zero-order chi connectivity index (χ0) is 13.7. The highest BCUT2D eigenvalue weighted by Gasteiger charge is 2.15. The maximum absolute atomic E-state index is 9.41. The van der Waals surface area contributed by atoms with E-state index in [1.165, 1.54) is 16.7 Å². The largest absolute Gasteiger partial charge is 0.393 e. The molecule has 0 fully saturated rings. The molecule has 0 amide bonds. The van der Waals surface area contributed by atoms with Gasteiger partial charge in [-0.15, -0.1) is 0 Å². The molecule has 0 bridgehead atoms. The van der Waals surface area contributed by atoms with E-state index < -0.39 is 0 Å². The van der Waals surface area contributed by atoms with Crippen LogP contribution in [0.15, 0.2) is 18.2 Å². The van der Waals surface area contributed by atoms with Crippen molar-refractivity contribution in [1.82, 2.24) is 5.32 Å². The number of aliphatic hydroxyl groups excluding tert-OH is 1. The van der Waals surface area contributed by atoms with Crippen LogP contribution in [0.5, 0.6) is 0 Å². The summed E-state index contributed by atoms with van der Waals surface area (Å²) in [5.41, 5.74) is 9.64. The van der Waals surface area contributed by atoms with Crippen LogP contribution in [0.1, 0.15) is 43.0 Å². The van der Waals surface area contributed by atoms with Gasteiger partial charge in [-0.1, -0.05) is 23.8 Å². The molecule has 3 atom stereocenters. The van der Waals surface area contributed by atoms with E-state index in [1.807, 2.05) is 6.92 Å². The zero-order valence-electron chi connectivity index (χ0n) is 11.9. The molecular weight excluding hydrogens is 224 g/mol. The molecule has 1 aromatic carbocycles. The smallest absolute Gasteiger partial charge is 0.0526 e. The van der Waals surface area contributed by atoms with Crippen LogP contribution in [0.25, 0.3) is 0 Å². The summed E-state index contributed by atoms with van der Waals surface area (Å²) in [6, 6.07) is 6.84. The summed E-state index contributed by atoms with van der Waals surface area (Å²) in [4.78, 5) is 0. The predicted molar refractivity (Wildman–Crippen MR) is 76.6 cm³/mol. The van der Waals surface area contributed by atoms with Crippen molar-refractivity contribution in [2.75, 3.05) is 6.54 Å². The van der Waals surface area contributed by atoms with Crippen LogP contribution in [0, 0.1) is 13.8 Å². The van der Waals surface area contributed by atoms with Crippen molar-refractivity contribution in [2.24, 2.45) is 5.73 Å². The summed E-state index contributed by atoms with van der Waals surface area (Å²) in [7, 11) is 0.